The van der Waals surface area contributed by atoms with Crippen molar-refractivity contribution in [2.45, 2.75) is 78.7 Å². The lowest BCUT2D eigenvalue weighted by Crippen LogP contribution is -2.33. The first-order valence-corrected chi connectivity index (χ1v) is 14.7. The van der Waals surface area contributed by atoms with E-state index in [-0.39, 0.29) is 5.91 Å². The van der Waals surface area contributed by atoms with Crippen molar-refractivity contribution in [3.05, 3.63) is 41.3 Å². The van der Waals surface area contributed by atoms with E-state index in [9.17, 15) is 4.79 Å². The van der Waals surface area contributed by atoms with Crippen LogP contribution in [0, 0.1) is 0 Å². The molecule has 198 valence electrons. The molecule has 0 atom stereocenters. The molecule has 0 aliphatic rings. The fraction of sp³-hybridized carbons (Fsp3) is 0.586. The molecule has 2 heterocycles. The first-order valence-electron chi connectivity index (χ1n) is 13.9. The number of carbonyl (C=O) groups is 1. The van der Waals surface area contributed by atoms with E-state index in [1.54, 1.807) is 11.3 Å². The second kappa shape index (κ2) is 15.0. The number of nitrogens with one attached hydrogen (secondary N) is 1. The van der Waals surface area contributed by atoms with Gasteiger partial charge in [-0.2, -0.15) is 0 Å². The number of amides is 1. The van der Waals surface area contributed by atoms with Crippen LogP contribution < -0.4 is 5.32 Å². The predicted octanol–water partition coefficient (Wildman–Crippen LogP) is 7.40. The molecule has 0 unspecified atom stereocenters. The van der Waals surface area contributed by atoms with Gasteiger partial charge in [0.2, 0.25) is 5.95 Å². The van der Waals surface area contributed by atoms with Gasteiger partial charge in [0.25, 0.3) is 5.91 Å². The van der Waals surface area contributed by atoms with Crippen LogP contribution in [0.5, 0.6) is 0 Å². The number of aromatic nitrogens is 2. The SMILES string of the molecule is CCCCCN(C)CCCn1c(Nc2cccs2)nc2ccc(C(=O)N(CCCC)CCCC)cc21. The minimum absolute atomic E-state index is 0.134. The highest BCUT2D eigenvalue weighted by Gasteiger charge is 2.18. The summed E-state index contributed by atoms with van der Waals surface area (Å²) >= 11 is 1.67. The van der Waals surface area contributed by atoms with Gasteiger partial charge in [0.15, 0.2) is 0 Å². The summed E-state index contributed by atoms with van der Waals surface area (Å²) in [5.74, 6) is 0.981. The molecule has 36 heavy (non-hydrogen) atoms. The molecule has 0 saturated heterocycles. The fourth-order valence-corrected chi connectivity index (χ4v) is 5.09. The van der Waals surface area contributed by atoms with Crippen molar-refractivity contribution in [1.29, 1.82) is 0 Å². The van der Waals surface area contributed by atoms with Crippen LogP contribution >= 0.6 is 11.3 Å². The number of unbranched alkanes of at least 4 members (excludes halogenated alkanes) is 4. The molecule has 7 heteroatoms. The summed E-state index contributed by atoms with van der Waals surface area (Å²) in [5, 5.41) is 6.65. The van der Waals surface area contributed by atoms with Crippen molar-refractivity contribution in [1.82, 2.24) is 19.4 Å². The Morgan fingerprint density at radius 2 is 1.67 bits per heavy atom. The van der Waals surface area contributed by atoms with Crippen LogP contribution in [0.2, 0.25) is 0 Å². The summed E-state index contributed by atoms with van der Waals surface area (Å²) in [6.45, 7) is 11.3. The normalized spacial score (nSPS) is 11.5. The van der Waals surface area contributed by atoms with Gasteiger partial charge in [0.1, 0.15) is 0 Å². The molecule has 0 fully saturated rings. The molecule has 0 radical (unpaired) electrons. The van der Waals surface area contributed by atoms with Crippen molar-refractivity contribution in [2.24, 2.45) is 0 Å². The van der Waals surface area contributed by atoms with E-state index in [1.165, 1.54) is 19.3 Å². The first-order chi connectivity index (χ1) is 17.6. The van der Waals surface area contributed by atoms with Gasteiger partial charge in [0.05, 0.1) is 16.0 Å². The number of anilines is 2. The molecule has 0 saturated carbocycles. The van der Waals surface area contributed by atoms with Crippen molar-refractivity contribution in [3.8, 4) is 0 Å². The largest absolute Gasteiger partial charge is 0.339 e. The van der Waals surface area contributed by atoms with E-state index in [2.05, 4.69) is 60.1 Å². The molecule has 0 bridgehead atoms. The molecule has 0 spiro atoms. The number of aryl methyl sites for hydroxylation is 1. The van der Waals surface area contributed by atoms with Gasteiger partial charge >= 0.3 is 0 Å². The van der Waals surface area contributed by atoms with Gasteiger partial charge in [0, 0.05) is 25.2 Å². The maximum Gasteiger partial charge on any atom is 0.253 e. The summed E-state index contributed by atoms with van der Waals surface area (Å²) in [4.78, 5) is 22.8. The van der Waals surface area contributed by atoms with E-state index in [0.29, 0.717) is 0 Å². The molecule has 6 nitrogen and oxygen atoms in total. The molecule has 2 aromatic heterocycles. The lowest BCUT2D eigenvalue weighted by molar-refractivity contribution is 0.0751. The Labute approximate surface area is 221 Å². The second-order valence-electron chi connectivity index (χ2n) is 9.76. The van der Waals surface area contributed by atoms with Crippen LogP contribution in [-0.4, -0.2) is 58.5 Å². The molecule has 1 N–H and O–H groups in total. The van der Waals surface area contributed by atoms with Gasteiger partial charge in [-0.1, -0.05) is 46.5 Å². The van der Waals surface area contributed by atoms with E-state index < -0.39 is 0 Å². The Hall–Kier alpha value is -2.38. The third-order valence-corrected chi connectivity index (χ3v) is 7.45. The molecule has 0 aliphatic heterocycles. The molecule has 3 rings (SSSR count). The van der Waals surface area contributed by atoms with Crippen molar-refractivity contribution >= 4 is 39.2 Å². The van der Waals surface area contributed by atoms with Gasteiger partial charge in [-0.3, -0.25) is 4.79 Å². The molecule has 1 aromatic carbocycles. The van der Waals surface area contributed by atoms with E-state index in [0.717, 1.165) is 92.4 Å². The van der Waals surface area contributed by atoms with Crippen molar-refractivity contribution in [2.75, 3.05) is 38.5 Å². The number of imidazole rings is 1. The summed E-state index contributed by atoms with van der Waals surface area (Å²) < 4.78 is 2.26. The number of benzene rings is 1. The standard InChI is InChI=1S/C29H45N5OS/c1-5-8-11-17-32(4)18-13-21-34-26-23-24(28(35)33(19-9-6-2)20-10-7-3)15-16-25(26)30-29(34)31-27-14-12-22-36-27/h12,14-16,22-23H,5-11,13,17-21H2,1-4H3,(H,30,31). The smallest absolute Gasteiger partial charge is 0.253 e. The number of thiophene rings is 1. The second-order valence-corrected chi connectivity index (χ2v) is 10.7. The van der Waals surface area contributed by atoms with E-state index >= 15 is 0 Å². The minimum Gasteiger partial charge on any atom is -0.339 e. The number of hydrogen-bond acceptors (Lipinski definition) is 5. The van der Waals surface area contributed by atoms with Gasteiger partial charge < -0.3 is 19.7 Å². The van der Waals surface area contributed by atoms with E-state index in [1.807, 2.05) is 23.1 Å². The summed E-state index contributed by atoms with van der Waals surface area (Å²) in [5.41, 5.74) is 2.71. The zero-order chi connectivity index (χ0) is 25.8. The zero-order valence-corrected chi connectivity index (χ0v) is 23.6. The molecular weight excluding hydrogens is 466 g/mol. The highest BCUT2D eigenvalue weighted by atomic mass is 32.1. The Morgan fingerprint density at radius 3 is 2.33 bits per heavy atom. The van der Waals surface area contributed by atoms with Gasteiger partial charge in [-0.15, -0.1) is 11.3 Å². The average Bonchev–Trinajstić information content (AvgIpc) is 3.51. The molecule has 1 amide bonds. The average molecular weight is 512 g/mol. The zero-order valence-electron chi connectivity index (χ0n) is 22.8. The summed E-state index contributed by atoms with van der Waals surface area (Å²) in [6.07, 6.45) is 9.08. The number of carbonyl (C=O) groups excluding carboxylic acids is 1. The van der Waals surface area contributed by atoms with E-state index in [4.69, 9.17) is 4.98 Å². The van der Waals surface area contributed by atoms with Crippen LogP contribution in [0.4, 0.5) is 10.9 Å². The Bertz CT molecular complexity index is 1040. The predicted molar refractivity (Wildman–Crippen MR) is 155 cm³/mol. The number of fused-ring (bicyclic) bond motifs is 1. The molecule has 0 aliphatic carbocycles. The van der Waals surface area contributed by atoms with Crippen molar-refractivity contribution < 1.29 is 4.79 Å². The third-order valence-electron chi connectivity index (χ3n) is 6.67. The fourth-order valence-electron chi connectivity index (χ4n) is 4.48. The van der Waals surface area contributed by atoms with Crippen LogP contribution in [0.25, 0.3) is 11.0 Å². The van der Waals surface area contributed by atoms with Crippen LogP contribution in [0.1, 0.15) is 82.5 Å². The topological polar surface area (TPSA) is 53.4 Å². The van der Waals surface area contributed by atoms with Crippen LogP contribution in [0.3, 0.4) is 0 Å². The number of hydrogen-bond donors (Lipinski definition) is 1. The first kappa shape index (κ1) is 28.2. The Balaban J connectivity index is 1.83. The Kier molecular flexibility index (Phi) is 11.8. The number of nitrogens with zero attached hydrogens (tertiary/aromatic N) is 4. The maximum atomic E-state index is 13.5. The Morgan fingerprint density at radius 1 is 0.944 bits per heavy atom. The minimum atomic E-state index is 0.134. The van der Waals surface area contributed by atoms with Gasteiger partial charge in [-0.05, 0) is 81.5 Å². The highest BCUT2D eigenvalue weighted by Crippen LogP contribution is 2.27. The molecular formula is C29H45N5OS. The summed E-state index contributed by atoms with van der Waals surface area (Å²) in [7, 11) is 2.21. The van der Waals surface area contributed by atoms with Crippen molar-refractivity contribution in [3.63, 3.8) is 0 Å². The van der Waals surface area contributed by atoms with Crippen LogP contribution in [-0.2, 0) is 6.54 Å². The highest BCUT2D eigenvalue weighted by molar-refractivity contribution is 7.14. The lowest BCUT2D eigenvalue weighted by atomic mass is 10.1. The molecule has 3 aromatic rings. The van der Waals surface area contributed by atoms with Crippen LogP contribution in [0.15, 0.2) is 35.7 Å². The van der Waals surface area contributed by atoms with Gasteiger partial charge in [-0.25, -0.2) is 4.98 Å². The quantitative estimate of drug-likeness (QED) is 0.192. The lowest BCUT2D eigenvalue weighted by Gasteiger charge is -2.22. The number of rotatable bonds is 17. The third kappa shape index (κ3) is 8.07. The summed E-state index contributed by atoms with van der Waals surface area (Å²) in [6, 6.07) is 10.1. The maximum absolute atomic E-state index is 13.5. The monoisotopic (exact) mass is 511 g/mol.